The molecule has 4 nitrogen and oxygen atoms in total. The number of nitrogens with zero attached hydrogens (tertiary/aromatic N) is 2. The van der Waals surface area contributed by atoms with Crippen LogP contribution in [-0.4, -0.2) is 36.5 Å². The second kappa shape index (κ2) is 7.76. The number of hydrogen-bond acceptors (Lipinski definition) is 3. The van der Waals surface area contributed by atoms with Gasteiger partial charge in [0.2, 0.25) is 10.0 Å². The Balaban J connectivity index is 1.55. The van der Waals surface area contributed by atoms with Crippen LogP contribution in [0.1, 0.15) is 31.4 Å². The number of rotatable bonds is 4. The molecular formula is C22H25FN2O2S. The number of pyridine rings is 1. The Kier molecular flexibility index (Phi) is 5.34. The summed E-state index contributed by atoms with van der Waals surface area (Å²) in [5.74, 6) is 0.582. The van der Waals surface area contributed by atoms with E-state index in [9.17, 15) is 12.8 Å². The molecule has 0 amide bonds. The molecule has 1 aliphatic carbocycles. The summed E-state index contributed by atoms with van der Waals surface area (Å²) in [7, 11) is -3.24. The number of benzene rings is 1. The van der Waals surface area contributed by atoms with E-state index in [0.717, 1.165) is 29.7 Å². The fraction of sp³-hybridized carbons (Fsp3) is 0.409. The molecule has 0 bridgehead atoms. The van der Waals surface area contributed by atoms with Gasteiger partial charge >= 0.3 is 0 Å². The Labute approximate surface area is 166 Å². The molecule has 2 heterocycles. The van der Waals surface area contributed by atoms with Crippen molar-refractivity contribution in [2.75, 3.05) is 12.8 Å². The van der Waals surface area contributed by atoms with Crippen LogP contribution in [0.3, 0.4) is 0 Å². The van der Waals surface area contributed by atoms with E-state index in [1.807, 2.05) is 30.4 Å². The summed E-state index contributed by atoms with van der Waals surface area (Å²) in [6.07, 6.45) is 11.5. The first-order valence-corrected chi connectivity index (χ1v) is 11.6. The zero-order chi connectivity index (χ0) is 19.7. The van der Waals surface area contributed by atoms with Gasteiger partial charge in [0, 0.05) is 24.3 Å². The minimum atomic E-state index is -3.24. The Morgan fingerprint density at radius 1 is 1.14 bits per heavy atom. The zero-order valence-corrected chi connectivity index (χ0v) is 16.8. The summed E-state index contributed by atoms with van der Waals surface area (Å²) in [5, 5.41) is 0. The molecule has 6 heteroatoms. The van der Waals surface area contributed by atoms with Gasteiger partial charge in [0.25, 0.3) is 0 Å². The van der Waals surface area contributed by atoms with E-state index in [2.05, 4.69) is 4.98 Å². The molecule has 3 atom stereocenters. The van der Waals surface area contributed by atoms with Crippen molar-refractivity contribution >= 4 is 16.1 Å². The SMILES string of the molecule is CS(=O)(=O)N1C[C@@H]2CCCC[C@@H]2[C@@H]1/C=C/c1ccc(-c2cccc(F)c2)cn1. The van der Waals surface area contributed by atoms with Gasteiger partial charge in [0.1, 0.15) is 5.82 Å². The number of aromatic nitrogens is 1. The van der Waals surface area contributed by atoms with Crippen molar-refractivity contribution < 1.29 is 12.8 Å². The second-order valence-electron chi connectivity index (χ2n) is 7.87. The van der Waals surface area contributed by atoms with Crippen molar-refractivity contribution in [1.82, 2.24) is 9.29 Å². The quantitative estimate of drug-likeness (QED) is 0.767. The van der Waals surface area contributed by atoms with Crippen LogP contribution in [0.4, 0.5) is 4.39 Å². The molecule has 1 saturated heterocycles. The molecule has 2 aromatic rings. The van der Waals surface area contributed by atoms with Crippen LogP contribution in [0, 0.1) is 17.7 Å². The molecule has 148 valence electrons. The highest BCUT2D eigenvalue weighted by Crippen LogP contribution is 2.42. The van der Waals surface area contributed by atoms with Crippen molar-refractivity contribution in [2.24, 2.45) is 11.8 Å². The van der Waals surface area contributed by atoms with E-state index in [-0.39, 0.29) is 11.9 Å². The summed E-state index contributed by atoms with van der Waals surface area (Å²) in [6.45, 7) is 0.629. The molecule has 2 aliphatic rings. The molecular weight excluding hydrogens is 375 g/mol. The summed E-state index contributed by atoms with van der Waals surface area (Å²) in [6, 6.07) is 10.1. The van der Waals surface area contributed by atoms with Crippen LogP contribution in [0.25, 0.3) is 17.2 Å². The lowest BCUT2D eigenvalue weighted by Gasteiger charge is -2.27. The van der Waals surface area contributed by atoms with E-state index in [1.54, 1.807) is 16.6 Å². The molecule has 0 N–H and O–H groups in total. The highest BCUT2D eigenvalue weighted by molar-refractivity contribution is 7.88. The van der Waals surface area contributed by atoms with E-state index in [4.69, 9.17) is 0 Å². The average Bonchev–Trinajstić information content (AvgIpc) is 3.06. The lowest BCUT2D eigenvalue weighted by atomic mass is 9.78. The van der Waals surface area contributed by atoms with Gasteiger partial charge in [-0.3, -0.25) is 4.98 Å². The van der Waals surface area contributed by atoms with Crippen LogP contribution in [-0.2, 0) is 10.0 Å². The average molecular weight is 401 g/mol. The van der Waals surface area contributed by atoms with E-state index < -0.39 is 10.0 Å². The molecule has 1 aromatic carbocycles. The normalized spacial score (nSPS) is 25.9. The van der Waals surface area contributed by atoms with Crippen molar-refractivity contribution in [2.45, 2.75) is 31.7 Å². The van der Waals surface area contributed by atoms with Gasteiger partial charge in [-0.15, -0.1) is 0 Å². The molecule has 2 fully saturated rings. The third kappa shape index (κ3) is 4.03. The fourth-order valence-electron chi connectivity index (χ4n) is 4.61. The van der Waals surface area contributed by atoms with Gasteiger partial charge in [0.05, 0.1) is 11.9 Å². The summed E-state index contributed by atoms with van der Waals surface area (Å²) >= 11 is 0. The minimum Gasteiger partial charge on any atom is -0.256 e. The topological polar surface area (TPSA) is 50.3 Å². The van der Waals surface area contributed by atoms with Crippen molar-refractivity contribution in [3.8, 4) is 11.1 Å². The number of halogens is 1. The Hall–Kier alpha value is -2.05. The molecule has 1 aromatic heterocycles. The highest BCUT2D eigenvalue weighted by Gasteiger charge is 2.44. The first-order valence-electron chi connectivity index (χ1n) is 9.79. The lowest BCUT2D eigenvalue weighted by Crippen LogP contribution is -2.35. The van der Waals surface area contributed by atoms with Gasteiger partial charge in [-0.25, -0.2) is 12.8 Å². The zero-order valence-electron chi connectivity index (χ0n) is 16.0. The predicted molar refractivity (Wildman–Crippen MR) is 109 cm³/mol. The second-order valence-corrected chi connectivity index (χ2v) is 9.81. The summed E-state index contributed by atoms with van der Waals surface area (Å²) in [4.78, 5) is 4.46. The van der Waals surface area contributed by atoms with Crippen LogP contribution < -0.4 is 0 Å². The van der Waals surface area contributed by atoms with E-state index in [0.29, 0.717) is 18.4 Å². The van der Waals surface area contributed by atoms with Gasteiger partial charge in [-0.1, -0.05) is 37.1 Å². The molecule has 1 aliphatic heterocycles. The number of fused-ring (bicyclic) bond motifs is 1. The van der Waals surface area contributed by atoms with E-state index in [1.165, 1.54) is 31.2 Å². The first kappa shape index (κ1) is 19.3. The first-order chi connectivity index (χ1) is 13.4. The van der Waals surface area contributed by atoms with Crippen LogP contribution >= 0.6 is 0 Å². The summed E-state index contributed by atoms with van der Waals surface area (Å²) < 4.78 is 39.6. The molecule has 0 unspecified atom stereocenters. The Morgan fingerprint density at radius 2 is 1.96 bits per heavy atom. The standard InChI is InChI=1S/C22H25FN2O2S/c1-28(26,27)25-15-18-5-2-3-8-21(18)22(25)12-11-20-10-9-17(14-24-20)16-6-4-7-19(23)13-16/h4,6-7,9-14,18,21-22H,2-3,5,8,15H2,1H3/b12-11+/t18-,21-,22-/m0/s1. The maximum absolute atomic E-state index is 13.4. The van der Waals surface area contributed by atoms with E-state index >= 15 is 0 Å². The monoisotopic (exact) mass is 400 g/mol. The van der Waals surface area contributed by atoms with Crippen molar-refractivity contribution in [3.63, 3.8) is 0 Å². The maximum atomic E-state index is 13.4. The van der Waals surface area contributed by atoms with Gasteiger partial charge < -0.3 is 0 Å². The Morgan fingerprint density at radius 3 is 2.68 bits per heavy atom. The number of sulfonamides is 1. The van der Waals surface area contributed by atoms with Gasteiger partial charge in [-0.05, 0) is 54.5 Å². The Bertz CT molecular complexity index is 972. The third-order valence-corrected chi connectivity index (χ3v) is 7.23. The minimum absolute atomic E-state index is 0.0926. The summed E-state index contributed by atoms with van der Waals surface area (Å²) in [5.41, 5.74) is 2.41. The maximum Gasteiger partial charge on any atom is 0.211 e. The van der Waals surface area contributed by atoms with Gasteiger partial charge in [0.15, 0.2) is 0 Å². The molecule has 4 rings (SSSR count). The largest absolute Gasteiger partial charge is 0.256 e. The molecule has 28 heavy (non-hydrogen) atoms. The molecule has 0 radical (unpaired) electrons. The molecule has 1 saturated carbocycles. The van der Waals surface area contributed by atoms with Gasteiger partial charge in [-0.2, -0.15) is 4.31 Å². The molecule has 0 spiro atoms. The number of hydrogen-bond donors (Lipinski definition) is 0. The lowest BCUT2D eigenvalue weighted by molar-refractivity contribution is 0.278. The van der Waals surface area contributed by atoms with Crippen LogP contribution in [0.2, 0.25) is 0 Å². The predicted octanol–water partition coefficient (Wildman–Crippen LogP) is 4.35. The van der Waals surface area contributed by atoms with Crippen LogP contribution in [0.5, 0.6) is 0 Å². The van der Waals surface area contributed by atoms with Crippen molar-refractivity contribution in [1.29, 1.82) is 0 Å². The van der Waals surface area contributed by atoms with Crippen LogP contribution in [0.15, 0.2) is 48.7 Å². The highest BCUT2D eigenvalue weighted by atomic mass is 32.2. The smallest absolute Gasteiger partial charge is 0.211 e. The van der Waals surface area contributed by atoms with Crippen molar-refractivity contribution in [3.05, 3.63) is 60.2 Å². The third-order valence-electron chi connectivity index (χ3n) is 5.99. The fourth-order valence-corrected chi connectivity index (χ4v) is 5.75.